The Labute approximate surface area is 139 Å². The summed E-state index contributed by atoms with van der Waals surface area (Å²) in [5, 5.41) is 2.78. The van der Waals surface area contributed by atoms with E-state index in [1.54, 1.807) is 31.4 Å². The van der Waals surface area contributed by atoms with Crippen LogP contribution in [0.15, 0.2) is 48.5 Å². The molecule has 6 nitrogen and oxygen atoms in total. The number of rotatable bonds is 6. The molecule has 2 aromatic carbocycles. The second-order valence-electron chi connectivity index (χ2n) is 5.01. The Bertz CT molecular complexity index is 740. The Kier molecular flexibility index (Phi) is 4.98. The molecule has 1 heterocycles. The molecule has 0 fully saturated rings. The molecule has 0 spiro atoms. The number of hydrogen-bond acceptors (Lipinski definition) is 5. The summed E-state index contributed by atoms with van der Waals surface area (Å²) in [7, 11) is 1.57. The van der Waals surface area contributed by atoms with Crippen LogP contribution < -0.4 is 19.5 Å². The molecule has 24 heavy (non-hydrogen) atoms. The van der Waals surface area contributed by atoms with Crippen LogP contribution in [0.2, 0.25) is 0 Å². The topological polar surface area (TPSA) is 66.0 Å². The van der Waals surface area contributed by atoms with E-state index in [1.165, 1.54) is 6.08 Å². The standard InChI is InChI=1S/C18H17NO5/c1-21-11-22-15-6-2-13(3-7-15)4-9-18(20)19-14-5-8-16-17(10-14)24-12-23-16/h2-10H,11-12H2,1H3,(H,19,20)/b9-4+. The molecule has 3 rings (SSSR count). The van der Waals surface area contributed by atoms with Crippen LogP contribution in [0.5, 0.6) is 17.2 Å². The predicted octanol–water partition coefficient (Wildman–Crippen LogP) is 3.05. The zero-order valence-corrected chi connectivity index (χ0v) is 13.2. The number of fused-ring (bicyclic) bond motifs is 1. The Morgan fingerprint density at radius 2 is 1.96 bits per heavy atom. The van der Waals surface area contributed by atoms with Crippen LogP contribution in [0.25, 0.3) is 6.08 Å². The van der Waals surface area contributed by atoms with E-state index in [0.717, 1.165) is 5.56 Å². The number of carbonyl (C=O) groups excluding carboxylic acids is 1. The Morgan fingerprint density at radius 1 is 1.17 bits per heavy atom. The number of methoxy groups -OCH3 is 1. The second-order valence-corrected chi connectivity index (χ2v) is 5.01. The van der Waals surface area contributed by atoms with Gasteiger partial charge in [0.2, 0.25) is 12.7 Å². The average molecular weight is 327 g/mol. The van der Waals surface area contributed by atoms with Crippen LogP contribution in [0.4, 0.5) is 5.69 Å². The van der Waals surface area contributed by atoms with Gasteiger partial charge in [0.1, 0.15) is 5.75 Å². The number of benzene rings is 2. The van der Waals surface area contributed by atoms with Gasteiger partial charge in [-0.3, -0.25) is 4.79 Å². The van der Waals surface area contributed by atoms with Crippen molar-refractivity contribution in [1.82, 2.24) is 0 Å². The molecule has 0 atom stereocenters. The first-order valence-corrected chi connectivity index (χ1v) is 7.35. The maximum absolute atomic E-state index is 12.0. The van der Waals surface area contributed by atoms with E-state index in [2.05, 4.69) is 5.32 Å². The number of anilines is 1. The van der Waals surface area contributed by atoms with Crippen molar-refractivity contribution < 1.29 is 23.7 Å². The molecule has 0 bridgehead atoms. The zero-order chi connectivity index (χ0) is 16.8. The Hall–Kier alpha value is -2.99. The Morgan fingerprint density at radius 3 is 2.75 bits per heavy atom. The normalized spacial score (nSPS) is 12.4. The highest BCUT2D eigenvalue weighted by atomic mass is 16.7. The maximum atomic E-state index is 12.0. The van der Waals surface area contributed by atoms with Crippen molar-refractivity contribution in [2.45, 2.75) is 0 Å². The molecule has 1 amide bonds. The van der Waals surface area contributed by atoms with E-state index < -0.39 is 0 Å². The second kappa shape index (κ2) is 7.52. The third-order valence-electron chi connectivity index (χ3n) is 3.29. The quantitative estimate of drug-likeness (QED) is 0.652. The summed E-state index contributed by atoms with van der Waals surface area (Å²) in [4.78, 5) is 12.0. The molecule has 0 saturated carbocycles. The fraction of sp³-hybridized carbons (Fsp3) is 0.167. The predicted molar refractivity (Wildman–Crippen MR) is 89.2 cm³/mol. The van der Waals surface area contributed by atoms with Gasteiger partial charge < -0.3 is 24.3 Å². The third kappa shape index (κ3) is 4.05. The smallest absolute Gasteiger partial charge is 0.248 e. The summed E-state index contributed by atoms with van der Waals surface area (Å²) in [5.41, 5.74) is 1.54. The van der Waals surface area contributed by atoms with Crippen molar-refractivity contribution in [3.63, 3.8) is 0 Å². The molecule has 1 aliphatic rings. The van der Waals surface area contributed by atoms with E-state index in [4.69, 9.17) is 18.9 Å². The molecule has 0 aliphatic carbocycles. The molecule has 6 heteroatoms. The van der Waals surface area contributed by atoms with Crippen molar-refractivity contribution in [3.8, 4) is 17.2 Å². The van der Waals surface area contributed by atoms with E-state index in [-0.39, 0.29) is 19.5 Å². The first kappa shape index (κ1) is 15.9. The van der Waals surface area contributed by atoms with Gasteiger partial charge in [0, 0.05) is 24.9 Å². The summed E-state index contributed by atoms with van der Waals surface area (Å²) in [6, 6.07) is 12.6. The molecule has 0 saturated heterocycles. The van der Waals surface area contributed by atoms with Crippen molar-refractivity contribution in [2.75, 3.05) is 26.0 Å². The van der Waals surface area contributed by atoms with Crippen LogP contribution in [0.1, 0.15) is 5.56 Å². The fourth-order valence-electron chi connectivity index (χ4n) is 2.13. The zero-order valence-electron chi connectivity index (χ0n) is 13.2. The van der Waals surface area contributed by atoms with Gasteiger partial charge in [-0.25, -0.2) is 0 Å². The number of ether oxygens (including phenoxy) is 4. The highest BCUT2D eigenvalue weighted by Gasteiger charge is 2.13. The van der Waals surface area contributed by atoms with Gasteiger partial charge in [-0.05, 0) is 35.9 Å². The SMILES string of the molecule is COCOc1ccc(/C=C/C(=O)Nc2ccc3c(c2)OCO3)cc1. The lowest BCUT2D eigenvalue weighted by Crippen LogP contribution is -2.07. The number of carbonyl (C=O) groups is 1. The minimum atomic E-state index is -0.228. The minimum absolute atomic E-state index is 0.202. The summed E-state index contributed by atoms with van der Waals surface area (Å²) >= 11 is 0. The van der Waals surface area contributed by atoms with Crippen LogP contribution in [0, 0.1) is 0 Å². The fourth-order valence-corrected chi connectivity index (χ4v) is 2.13. The van der Waals surface area contributed by atoms with Gasteiger partial charge in [0.05, 0.1) is 0 Å². The van der Waals surface area contributed by atoms with Crippen LogP contribution in [-0.4, -0.2) is 26.6 Å². The summed E-state index contributed by atoms with van der Waals surface area (Å²) in [6.07, 6.45) is 3.19. The molecule has 124 valence electrons. The third-order valence-corrected chi connectivity index (χ3v) is 3.29. The number of nitrogens with one attached hydrogen (secondary N) is 1. The van der Waals surface area contributed by atoms with Crippen molar-refractivity contribution in [3.05, 3.63) is 54.1 Å². The lowest BCUT2D eigenvalue weighted by molar-refractivity contribution is -0.111. The van der Waals surface area contributed by atoms with Gasteiger partial charge in [0.15, 0.2) is 18.3 Å². The number of hydrogen-bond donors (Lipinski definition) is 1. The molecule has 0 aromatic heterocycles. The molecule has 1 N–H and O–H groups in total. The van der Waals surface area contributed by atoms with Gasteiger partial charge in [-0.15, -0.1) is 0 Å². The molecule has 2 aromatic rings. The van der Waals surface area contributed by atoms with E-state index >= 15 is 0 Å². The van der Waals surface area contributed by atoms with E-state index in [0.29, 0.717) is 22.9 Å². The highest BCUT2D eigenvalue weighted by Crippen LogP contribution is 2.34. The lowest BCUT2D eigenvalue weighted by Gasteiger charge is -2.04. The monoisotopic (exact) mass is 327 g/mol. The highest BCUT2D eigenvalue weighted by molar-refractivity contribution is 6.02. The summed E-state index contributed by atoms with van der Waals surface area (Å²) in [6.45, 7) is 0.407. The number of amides is 1. The van der Waals surface area contributed by atoms with Crippen LogP contribution in [0.3, 0.4) is 0 Å². The van der Waals surface area contributed by atoms with Gasteiger partial charge in [-0.2, -0.15) is 0 Å². The summed E-state index contributed by atoms with van der Waals surface area (Å²) < 4.78 is 20.6. The molecular weight excluding hydrogens is 310 g/mol. The molecule has 0 unspecified atom stereocenters. The van der Waals surface area contributed by atoms with Crippen molar-refractivity contribution in [2.24, 2.45) is 0 Å². The summed E-state index contributed by atoms with van der Waals surface area (Å²) in [5.74, 6) is 1.79. The van der Waals surface area contributed by atoms with E-state index in [1.807, 2.05) is 24.3 Å². The molecular formula is C18H17NO5. The lowest BCUT2D eigenvalue weighted by atomic mass is 10.2. The maximum Gasteiger partial charge on any atom is 0.248 e. The molecule has 1 aliphatic heterocycles. The largest absolute Gasteiger partial charge is 0.468 e. The average Bonchev–Trinajstić information content (AvgIpc) is 3.07. The van der Waals surface area contributed by atoms with Gasteiger partial charge in [0.25, 0.3) is 0 Å². The van der Waals surface area contributed by atoms with Crippen molar-refractivity contribution >= 4 is 17.7 Å². The molecule has 0 radical (unpaired) electrons. The van der Waals surface area contributed by atoms with Crippen molar-refractivity contribution in [1.29, 1.82) is 0 Å². The van der Waals surface area contributed by atoms with Gasteiger partial charge in [-0.1, -0.05) is 12.1 Å². The minimum Gasteiger partial charge on any atom is -0.468 e. The first-order chi connectivity index (χ1) is 11.7. The van der Waals surface area contributed by atoms with Crippen LogP contribution >= 0.6 is 0 Å². The van der Waals surface area contributed by atoms with E-state index in [9.17, 15) is 4.79 Å². The Balaban J connectivity index is 1.57. The van der Waals surface area contributed by atoms with Gasteiger partial charge >= 0.3 is 0 Å². The van der Waals surface area contributed by atoms with Crippen LogP contribution in [-0.2, 0) is 9.53 Å². The first-order valence-electron chi connectivity index (χ1n) is 7.35.